The van der Waals surface area contributed by atoms with E-state index >= 15 is 0 Å². The first-order chi connectivity index (χ1) is 10.2. The molecule has 1 saturated carbocycles. The molecule has 5 nitrogen and oxygen atoms in total. The highest BCUT2D eigenvalue weighted by Crippen LogP contribution is 2.32. The van der Waals surface area contributed by atoms with Gasteiger partial charge in [-0.2, -0.15) is 0 Å². The lowest BCUT2D eigenvalue weighted by atomic mass is 10.2. The molecule has 0 aromatic heterocycles. The Morgan fingerprint density at radius 1 is 1.33 bits per heavy atom. The van der Waals surface area contributed by atoms with E-state index in [1.54, 1.807) is 7.11 Å². The largest absolute Gasteiger partial charge is 0.493 e. The topological polar surface area (TPSA) is 56.8 Å². The monoisotopic (exact) mass is 293 g/mol. The minimum atomic E-state index is -0.214. The average molecular weight is 293 g/mol. The molecular weight excluding hydrogens is 270 g/mol. The summed E-state index contributed by atoms with van der Waals surface area (Å²) in [7, 11) is 3.03. The van der Waals surface area contributed by atoms with Gasteiger partial charge in [0.25, 0.3) is 0 Å². The van der Waals surface area contributed by atoms with Gasteiger partial charge < -0.3 is 19.5 Å². The molecule has 1 aromatic rings. The Morgan fingerprint density at radius 3 is 2.81 bits per heavy atom. The molecular formula is C16H23NO4. The van der Waals surface area contributed by atoms with Crippen molar-refractivity contribution in [3.63, 3.8) is 0 Å². The van der Waals surface area contributed by atoms with E-state index in [4.69, 9.17) is 9.47 Å². The molecule has 116 valence electrons. The van der Waals surface area contributed by atoms with Gasteiger partial charge in [-0.15, -0.1) is 0 Å². The molecule has 0 bridgehead atoms. The summed E-state index contributed by atoms with van der Waals surface area (Å²) in [5, 5.41) is 3.47. The Morgan fingerprint density at radius 2 is 2.14 bits per heavy atom. The van der Waals surface area contributed by atoms with Gasteiger partial charge in [-0.25, -0.2) is 0 Å². The Kier molecular flexibility index (Phi) is 5.87. The van der Waals surface area contributed by atoms with E-state index in [1.165, 1.54) is 20.0 Å². The van der Waals surface area contributed by atoms with Crippen LogP contribution < -0.4 is 14.8 Å². The van der Waals surface area contributed by atoms with Gasteiger partial charge in [-0.1, -0.05) is 12.1 Å². The molecule has 0 radical (unpaired) electrons. The fourth-order valence-corrected chi connectivity index (χ4v) is 2.06. The predicted molar refractivity (Wildman–Crippen MR) is 79.6 cm³/mol. The number of ether oxygens (including phenoxy) is 3. The summed E-state index contributed by atoms with van der Waals surface area (Å²) in [6, 6.07) is 6.52. The predicted octanol–water partition coefficient (Wildman–Crippen LogP) is 2.28. The maximum absolute atomic E-state index is 11.1. The molecule has 0 atom stereocenters. The van der Waals surface area contributed by atoms with Gasteiger partial charge in [0.2, 0.25) is 0 Å². The van der Waals surface area contributed by atoms with Crippen molar-refractivity contribution in [2.45, 2.75) is 38.3 Å². The fraction of sp³-hybridized carbons (Fsp3) is 0.562. The van der Waals surface area contributed by atoms with Crippen molar-refractivity contribution in [1.29, 1.82) is 0 Å². The van der Waals surface area contributed by atoms with Crippen molar-refractivity contribution in [3.05, 3.63) is 23.8 Å². The van der Waals surface area contributed by atoms with Crippen LogP contribution in [0.15, 0.2) is 18.2 Å². The van der Waals surface area contributed by atoms with Gasteiger partial charge in [-0.3, -0.25) is 4.79 Å². The zero-order valence-corrected chi connectivity index (χ0v) is 12.7. The molecule has 1 aliphatic rings. The second-order valence-corrected chi connectivity index (χ2v) is 5.13. The summed E-state index contributed by atoms with van der Waals surface area (Å²) < 4.78 is 15.8. The molecule has 1 N–H and O–H groups in total. The number of hydrogen-bond donors (Lipinski definition) is 1. The molecule has 1 aliphatic carbocycles. The quantitative estimate of drug-likeness (QED) is 0.559. The van der Waals surface area contributed by atoms with Crippen molar-refractivity contribution in [2.75, 3.05) is 20.8 Å². The molecule has 1 aromatic carbocycles. The summed E-state index contributed by atoms with van der Waals surface area (Å²) in [5.41, 5.74) is 1.08. The molecule has 0 unspecified atom stereocenters. The van der Waals surface area contributed by atoms with E-state index in [0.717, 1.165) is 23.6 Å². The number of carbonyl (C=O) groups excluding carboxylic acids is 1. The van der Waals surface area contributed by atoms with Gasteiger partial charge in [0, 0.05) is 24.6 Å². The number of esters is 1. The molecule has 5 heteroatoms. The Bertz CT molecular complexity index is 471. The zero-order chi connectivity index (χ0) is 15.1. The first kappa shape index (κ1) is 15.6. The van der Waals surface area contributed by atoms with Crippen LogP contribution in [0.5, 0.6) is 11.5 Å². The van der Waals surface area contributed by atoms with Crippen LogP contribution >= 0.6 is 0 Å². The summed E-state index contributed by atoms with van der Waals surface area (Å²) in [4.78, 5) is 11.1. The van der Waals surface area contributed by atoms with Crippen molar-refractivity contribution in [2.24, 2.45) is 0 Å². The van der Waals surface area contributed by atoms with Crippen LogP contribution in [0.1, 0.15) is 31.2 Å². The number of methoxy groups -OCH3 is 2. The molecule has 0 aliphatic heterocycles. The lowest BCUT2D eigenvalue weighted by molar-refractivity contribution is -0.140. The highest BCUT2D eigenvalue weighted by molar-refractivity contribution is 5.69. The van der Waals surface area contributed by atoms with E-state index < -0.39 is 0 Å². The maximum Gasteiger partial charge on any atom is 0.305 e. The number of benzene rings is 1. The summed E-state index contributed by atoms with van der Waals surface area (Å²) in [5.74, 6) is 1.27. The third kappa shape index (κ3) is 4.93. The van der Waals surface area contributed by atoms with E-state index in [9.17, 15) is 4.79 Å². The summed E-state index contributed by atoms with van der Waals surface area (Å²) in [6.45, 7) is 1.24. The number of hydrogen-bond acceptors (Lipinski definition) is 5. The van der Waals surface area contributed by atoms with Crippen molar-refractivity contribution >= 4 is 5.97 Å². The van der Waals surface area contributed by atoms with Crippen LogP contribution in [0, 0.1) is 0 Å². The van der Waals surface area contributed by atoms with Gasteiger partial charge in [0.1, 0.15) is 0 Å². The summed E-state index contributed by atoms with van der Waals surface area (Å²) >= 11 is 0. The van der Waals surface area contributed by atoms with E-state index in [2.05, 4.69) is 10.1 Å². The molecule has 0 heterocycles. The molecule has 0 saturated heterocycles. The average Bonchev–Trinajstić information content (AvgIpc) is 3.33. The second kappa shape index (κ2) is 7.88. The number of rotatable bonds is 9. The lowest BCUT2D eigenvalue weighted by Crippen LogP contribution is -2.16. The maximum atomic E-state index is 11.1. The zero-order valence-electron chi connectivity index (χ0n) is 12.7. The molecule has 21 heavy (non-hydrogen) atoms. The standard InChI is InChI=1S/C16H23NO4/c1-19-14-6-3-5-12(11-17-13-8-9-13)16(14)21-10-4-7-15(18)20-2/h3,5-6,13,17H,4,7-11H2,1-2H3. The van der Waals surface area contributed by atoms with Gasteiger partial charge >= 0.3 is 5.97 Å². The van der Waals surface area contributed by atoms with Crippen molar-refractivity contribution in [3.8, 4) is 11.5 Å². The van der Waals surface area contributed by atoms with Gasteiger partial charge in [-0.05, 0) is 25.3 Å². The smallest absolute Gasteiger partial charge is 0.305 e. The highest BCUT2D eigenvalue weighted by atomic mass is 16.5. The minimum absolute atomic E-state index is 0.214. The first-order valence-corrected chi connectivity index (χ1v) is 7.33. The van der Waals surface area contributed by atoms with E-state index in [1.807, 2.05) is 18.2 Å². The first-order valence-electron chi connectivity index (χ1n) is 7.33. The Labute approximate surface area is 125 Å². The normalized spacial score (nSPS) is 13.8. The molecule has 0 amide bonds. The van der Waals surface area contributed by atoms with Crippen molar-refractivity contribution < 1.29 is 19.0 Å². The van der Waals surface area contributed by atoms with E-state index in [-0.39, 0.29) is 5.97 Å². The van der Waals surface area contributed by atoms with Gasteiger partial charge in [0.05, 0.1) is 20.8 Å². The third-order valence-corrected chi connectivity index (χ3v) is 3.44. The van der Waals surface area contributed by atoms with Crippen LogP contribution in [-0.2, 0) is 16.1 Å². The number of carbonyl (C=O) groups is 1. The second-order valence-electron chi connectivity index (χ2n) is 5.13. The molecule has 0 spiro atoms. The van der Waals surface area contributed by atoms with Crippen molar-refractivity contribution in [1.82, 2.24) is 5.32 Å². The minimum Gasteiger partial charge on any atom is -0.493 e. The van der Waals surface area contributed by atoms with Gasteiger partial charge in [0.15, 0.2) is 11.5 Å². The molecule has 1 fully saturated rings. The van der Waals surface area contributed by atoms with Crippen LogP contribution in [0.4, 0.5) is 0 Å². The van der Waals surface area contributed by atoms with Crippen LogP contribution in [0.2, 0.25) is 0 Å². The van der Waals surface area contributed by atoms with Crippen LogP contribution in [0.3, 0.4) is 0 Å². The number of para-hydroxylation sites is 1. The lowest BCUT2D eigenvalue weighted by Gasteiger charge is -2.15. The van der Waals surface area contributed by atoms with Crippen LogP contribution in [0.25, 0.3) is 0 Å². The fourth-order valence-electron chi connectivity index (χ4n) is 2.06. The third-order valence-electron chi connectivity index (χ3n) is 3.44. The number of nitrogens with one attached hydrogen (secondary N) is 1. The Hall–Kier alpha value is -1.75. The molecule has 2 rings (SSSR count). The highest BCUT2D eigenvalue weighted by Gasteiger charge is 2.21. The Balaban J connectivity index is 1.92. The summed E-state index contributed by atoms with van der Waals surface area (Å²) in [6.07, 6.45) is 3.49. The SMILES string of the molecule is COC(=O)CCCOc1c(CNC2CC2)cccc1OC. The van der Waals surface area contributed by atoms with Crippen LogP contribution in [-0.4, -0.2) is 32.8 Å². The van der Waals surface area contributed by atoms with E-state index in [0.29, 0.717) is 25.5 Å².